The largest absolute Gasteiger partial charge is 0.391 e. The molecule has 14 N–H and O–H groups in total. The van der Waals surface area contributed by atoms with Crippen molar-refractivity contribution in [2.75, 3.05) is 19.6 Å². The second-order valence-corrected chi connectivity index (χ2v) is 16.2. The van der Waals surface area contributed by atoms with Gasteiger partial charge in [-0.15, -0.1) is 0 Å². The average Bonchev–Trinajstić information content (AvgIpc) is 3.72. The number of aliphatic imine (C=N–C) groups is 1. The number of hydrogen-bond donors (Lipinski definition) is 11. The van der Waals surface area contributed by atoms with Gasteiger partial charge in [-0.05, 0) is 64.2 Å². The number of amides is 9. The smallest absolute Gasteiger partial charge is 0.245 e. The number of nitrogens with zero attached hydrogens (tertiary/aromatic N) is 2. The minimum absolute atomic E-state index is 0.0936. The Morgan fingerprint density at radius 2 is 1.19 bits per heavy atom. The summed E-state index contributed by atoms with van der Waals surface area (Å²) in [4.78, 5) is 124. The maximum Gasteiger partial charge on any atom is 0.245 e. The highest BCUT2D eigenvalue weighted by atomic mass is 16.3. The molecule has 1 saturated heterocycles. The zero-order valence-electron chi connectivity index (χ0n) is 38.2. The zero-order valence-corrected chi connectivity index (χ0v) is 38.2. The van der Waals surface area contributed by atoms with E-state index in [0.29, 0.717) is 51.6 Å². The topological polar surface area (TPSA) is 352 Å². The number of aliphatic hydroxyl groups excluding tert-OH is 1. The molecule has 10 atom stereocenters. The molecule has 0 bridgehead atoms. The van der Waals surface area contributed by atoms with E-state index >= 15 is 0 Å². The Morgan fingerprint density at radius 1 is 0.683 bits per heavy atom. The van der Waals surface area contributed by atoms with E-state index in [9.17, 15) is 48.3 Å². The summed E-state index contributed by atoms with van der Waals surface area (Å²) in [7, 11) is 0. The van der Waals surface area contributed by atoms with Crippen molar-refractivity contribution in [3.05, 3.63) is 0 Å². The van der Waals surface area contributed by atoms with Gasteiger partial charge in [0.2, 0.25) is 53.2 Å². The summed E-state index contributed by atoms with van der Waals surface area (Å²) in [5.41, 5.74) is 16.2. The van der Waals surface area contributed by atoms with Gasteiger partial charge in [-0.1, -0.05) is 53.9 Å². The van der Waals surface area contributed by atoms with Crippen LogP contribution in [0.5, 0.6) is 0 Å². The number of rotatable bonds is 28. The Hall–Kier alpha value is -5.54. The number of likely N-dealkylation sites (N-methyl/N-ethyl adjacent to an activating group) is 1. The monoisotopic (exact) mass is 895 g/mol. The molecular weight excluding hydrogens is 821 g/mol. The molecule has 1 rings (SSSR count). The Bertz CT molecular complexity index is 1610. The number of carbonyl (C=O) groups excluding carboxylic acids is 9. The summed E-state index contributed by atoms with van der Waals surface area (Å²) in [6.07, 6.45) is 0.936. The molecule has 63 heavy (non-hydrogen) atoms. The van der Waals surface area contributed by atoms with E-state index in [1.54, 1.807) is 34.6 Å². The van der Waals surface area contributed by atoms with Gasteiger partial charge in [0.05, 0.1) is 6.10 Å². The summed E-state index contributed by atoms with van der Waals surface area (Å²) >= 11 is 0. The SMILES string of the molecule is CCC[C@H](NC(=O)[C@@H](NC(=O)[C@H](NC(=O)[C@H](CCC(N)=O)NC(C)=O)[C@@H](C)CC)[C@@H](C)O)C(=O)N[C@@H](C(=O)N[C@@H](CCCN=C(N)N)C(=O)N1CCC[C@H]1C(=O)NCC)[C@@H](C)CC. The fourth-order valence-electron chi connectivity index (χ4n) is 7.00. The van der Waals surface area contributed by atoms with Crippen LogP contribution in [0.3, 0.4) is 0 Å². The van der Waals surface area contributed by atoms with Crippen molar-refractivity contribution in [2.45, 2.75) is 168 Å². The van der Waals surface area contributed by atoms with Crippen LogP contribution in [-0.2, 0) is 43.2 Å². The molecule has 0 aromatic heterocycles. The van der Waals surface area contributed by atoms with Crippen molar-refractivity contribution in [3.8, 4) is 0 Å². The highest BCUT2D eigenvalue weighted by Crippen LogP contribution is 2.21. The highest BCUT2D eigenvalue weighted by Gasteiger charge is 2.40. The van der Waals surface area contributed by atoms with E-state index in [1.807, 2.05) is 6.92 Å². The van der Waals surface area contributed by atoms with E-state index in [4.69, 9.17) is 17.2 Å². The molecule has 0 saturated carbocycles. The van der Waals surface area contributed by atoms with Crippen molar-refractivity contribution in [1.29, 1.82) is 0 Å². The van der Waals surface area contributed by atoms with Crippen LogP contribution < -0.4 is 54.4 Å². The second-order valence-electron chi connectivity index (χ2n) is 16.2. The number of likely N-dealkylation sites (tertiary alicyclic amines) is 1. The lowest BCUT2D eigenvalue weighted by molar-refractivity contribution is -0.142. The maximum absolute atomic E-state index is 14.1. The van der Waals surface area contributed by atoms with Crippen LogP contribution in [-0.4, -0.2) is 137 Å². The summed E-state index contributed by atoms with van der Waals surface area (Å²) in [6.45, 7) is 13.8. The van der Waals surface area contributed by atoms with Crippen molar-refractivity contribution >= 4 is 59.1 Å². The van der Waals surface area contributed by atoms with Gasteiger partial charge in [-0.2, -0.15) is 0 Å². The summed E-state index contributed by atoms with van der Waals surface area (Å²) in [6, 6.07) is -8.29. The number of guanidine groups is 1. The molecule has 0 radical (unpaired) electrons. The normalized spacial score (nSPS) is 17.7. The number of hydrogen-bond acceptors (Lipinski definition) is 11. The van der Waals surface area contributed by atoms with Crippen molar-refractivity contribution in [1.82, 2.24) is 42.1 Å². The molecule has 22 nitrogen and oxygen atoms in total. The number of nitrogens with two attached hydrogens (primary N) is 3. The Morgan fingerprint density at radius 3 is 1.67 bits per heavy atom. The first kappa shape index (κ1) is 55.5. The van der Waals surface area contributed by atoms with Crippen LogP contribution in [0.15, 0.2) is 4.99 Å². The molecule has 0 aromatic carbocycles. The number of carbonyl (C=O) groups is 9. The van der Waals surface area contributed by atoms with Gasteiger partial charge < -0.3 is 64.4 Å². The predicted octanol–water partition coefficient (Wildman–Crippen LogP) is -2.37. The van der Waals surface area contributed by atoms with Crippen molar-refractivity contribution in [2.24, 2.45) is 34.0 Å². The molecule has 9 amide bonds. The van der Waals surface area contributed by atoms with Crippen LogP contribution in [0, 0.1) is 11.8 Å². The summed E-state index contributed by atoms with van der Waals surface area (Å²) < 4.78 is 0. The van der Waals surface area contributed by atoms with Gasteiger partial charge in [0.25, 0.3) is 0 Å². The minimum Gasteiger partial charge on any atom is -0.391 e. The lowest BCUT2D eigenvalue weighted by atomic mass is 9.96. The molecule has 0 aromatic rings. The van der Waals surface area contributed by atoms with Gasteiger partial charge in [-0.25, -0.2) is 0 Å². The third-order valence-corrected chi connectivity index (χ3v) is 11.0. The van der Waals surface area contributed by atoms with Crippen LogP contribution in [0.1, 0.15) is 120 Å². The first-order valence-corrected chi connectivity index (χ1v) is 22.0. The predicted molar refractivity (Wildman–Crippen MR) is 235 cm³/mol. The third kappa shape index (κ3) is 18.8. The van der Waals surface area contributed by atoms with Crippen molar-refractivity contribution in [3.63, 3.8) is 0 Å². The fraction of sp³-hybridized carbons (Fsp3) is 0.756. The Labute approximate surface area is 370 Å². The summed E-state index contributed by atoms with van der Waals surface area (Å²) in [5.74, 6) is -7.08. The first-order chi connectivity index (χ1) is 29.6. The quantitative estimate of drug-likeness (QED) is 0.0223. The van der Waals surface area contributed by atoms with Crippen molar-refractivity contribution < 1.29 is 48.3 Å². The lowest BCUT2D eigenvalue weighted by Gasteiger charge is -2.32. The maximum atomic E-state index is 14.1. The first-order valence-electron chi connectivity index (χ1n) is 22.0. The van der Waals surface area contributed by atoms with E-state index < -0.39 is 107 Å². The number of primary amides is 1. The van der Waals surface area contributed by atoms with E-state index in [2.05, 4.69) is 42.2 Å². The molecule has 22 heteroatoms. The summed E-state index contributed by atoms with van der Waals surface area (Å²) in [5, 5.41) is 29.1. The van der Waals surface area contributed by atoms with Gasteiger partial charge in [-0.3, -0.25) is 48.1 Å². The molecule has 1 heterocycles. The van der Waals surface area contributed by atoms with Crippen LogP contribution in [0.2, 0.25) is 0 Å². The molecule has 358 valence electrons. The van der Waals surface area contributed by atoms with E-state index in [1.165, 1.54) is 18.7 Å². The number of aliphatic hydroxyl groups is 1. The molecular formula is C41H74N12O10. The Kier molecular flexibility index (Phi) is 24.8. The highest BCUT2D eigenvalue weighted by molar-refractivity contribution is 5.98. The average molecular weight is 895 g/mol. The molecule has 0 spiro atoms. The molecule has 1 fully saturated rings. The minimum atomic E-state index is -1.61. The third-order valence-electron chi connectivity index (χ3n) is 11.0. The molecule has 0 unspecified atom stereocenters. The van der Waals surface area contributed by atoms with Gasteiger partial charge in [0, 0.05) is 33.0 Å². The van der Waals surface area contributed by atoms with Crippen LogP contribution in [0.4, 0.5) is 0 Å². The molecule has 1 aliphatic rings. The molecule has 1 aliphatic heterocycles. The van der Waals surface area contributed by atoms with Gasteiger partial charge in [0.15, 0.2) is 5.96 Å². The van der Waals surface area contributed by atoms with Crippen LogP contribution >= 0.6 is 0 Å². The molecule has 0 aliphatic carbocycles. The number of nitrogens with one attached hydrogen (secondary N) is 7. The van der Waals surface area contributed by atoms with Crippen LogP contribution in [0.25, 0.3) is 0 Å². The van der Waals surface area contributed by atoms with Gasteiger partial charge in [0.1, 0.15) is 42.3 Å². The fourth-order valence-corrected chi connectivity index (χ4v) is 7.00. The van der Waals surface area contributed by atoms with E-state index in [-0.39, 0.29) is 44.1 Å². The standard InChI is InChI=1S/C41H74N12O10/c1-9-15-26(48-39(62)33(24(7)54)52-38(61)32(23(6)11-3)51-35(58)27(47-25(8)55)18-19-30(42)56)34(57)50-31(22(5)10-2)37(60)49-28(16-13-20-46-41(43)44)40(63)53-21-14-17-29(53)36(59)45-12-4/h22-24,26-29,31-33,54H,9-21H2,1-8H3,(H2,42,56)(H,45,59)(H,47,55)(H,48,62)(H,49,60)(H,50,57)(H,51,58)(H,52,61)(H4,43,44,46)/t22-,23-,24+,26-,27-,28-,29-,31+,32+,33-/m0/s1. The van der Waals surface area contributed by atoms with E-state index in [0.717, 1.165) is 0 Å². The van der Waals surface area contributed by atoms with Gasteiger partial charge >= 0.3 is 0 Å². The lowest BCUT2D eigenvalue weighted by Crippen LogP contribution is -2.62. The Balaban J connectivity index is 3.35. The second kappa shape index (κ2) is 28.2. The zero-order chi connectivity index (χ0) is 48.0.